The molecule has 1 N–H and O–H groups in total. The van der Waals surface area contributed by atoms with E-state index in [2.05, 4.69) is 15.2 Å². The minimum Gasteiger partial charge on any atom is -0.444 e. The molecule has 1 aliphatic rings. The first-order valence-corrected chi connectivity index (χ1v) is 7.57. The van der Waals surface area contributed by atoms with Crippen molar-refractivity contribution in [1.82, 2.24) is 10.3 Å². The maximum Gasteiger partial charge on any atom is 0.407 e. The third-order valence-corrected chi connectivity index (χ3v) is 3.44. The molecule has 0 bridgehead atoms. The topological polar surface area (TPSA) is 54.5 Å². The first-order chi connectivity index (χ1) is 9.83. The number of nitrogens with zero attached hydrogens (tertiary/aromatic N) is 2. The van der Waals surface area contributed by atoms with Crippen molar-refractivity contribution in [2.24, 2.45) is 0 Å². The summed E-state index contributed by atoms with van der Waals surface area (Å²) in [5, 5.41) is 3.42. The van der Waals surface area contributed by atoms with Crippen molar-refractivity contribution >= 4 is 23.4 Å². The molecule has 2 heterocycles. The average Bonchev–Trinajstić information content (AvgIpc) is 2.37. The van der Waals surface area contributed by atoms with Gasteiger partial charge in [0.15, 0.2) is 0 Å². The molecule has 6 heteroatoms. The van der Waals surface area contributed by atoms with Crippen LogP contribution in [0.5, 0.6) is 0 Å². The molecular weight excluding hydrogens is 290 g/mol. The van der Waals surface area contributed by atoms with E-state index in [9.17, 15) is 4.79 Å². The lowest BCUT2D eigenvalue weighted by molar-refractivity contribution is 0.0500. The summed E-state index contributed by atoms with van der Waals surface area (Å²) < 4.78 is 5.30. The highest BCUT2D eigenvalue weighted by Gasteiger charge is 2.24. The van der Waals surface area contributed by atoms with Gasteiger partial charge in [-0.05, 0) is 45.7 Å². The summed E-state index contributed by atoms with van der Waals surface area (Å²) in [4.78, 5) is 18.1. The molecule has 0 unspecified atom stereocenters. The number of pyridine rings is 1. The molecule has 2 rings (SSSR count). The number of alkyl carbamates (subject to hydrolysis) is 1. The SMILES string of the molecule is CC(C)(C)OC(=O)N[C@H]1CCCN(c2ccc(Cl)nc2)C1. The number of nitrogens with one attached hydrogen (secondary N) is 1. The normalized spacial score (nSPS) is 19.2. The number of ether oxygens (including phenoxy) is 1. The van der Waals surface area contributed by atoms with E-state index in [1.54, 1.807) is 12.3 Å². The maximum absolute atomic E-state index is 11.8. The average molecular weight is 312 g/mol. The highest BCUT2D eigenvalue weighted by molar-refractivity contribution is 6.29. The zero-order valence-electron chi connectivity index (χ0n) is 12.7. The Morgan fingerprint density at radius 1 is 1.48 bits per heavy atom. The van der Waals surface area contributed by atoms with Crippen LogP contribution in [0.25, 0.3) is 0 Å². The van der Waals surface area contributed by atoms with Gasteiger partial charge >= 0.3 is 6.09 Å². The number of carbonyl (C=O) groups is 1. The summed E-state index contributed by atoms with van der Waals surface area (Å²) in [6.45, 7) is 7.29. The second kappa shape index (κ2) is 6.52. The fourth-order valence-corrected chi connectivity index (χ4v) is 2.47. The molecule has 1 amide bonds. The van der Waals surface area contributed by atoms with Crippen molar-refractivity contribution < 1.29 is 9.53 Å². The van der Waals surface area contributed by atoms with Crippen LogP contribution >= 0.6 is 11.6 Å². The zero-order valence-corrected chi connectivity index (χ0v) is 13.5. The van der Waals surface area contributed by atoms with Gasteiger partial charge < -0.3 is 15.0 Å². The predicted octanol–water partition coefficient (Wildman–Crippen LogP) is 3.23. The van der Waals surface area contributed by atoms with Crippen LogP contribution in [0, 0.1) is 0 Å². The Labute approximate surface area is 130 Å². The monoisotopic (exact) mass is 311 g/mol. The van der Waals surface area contributed by atoms with Crippen LogP contribution in [0.4, 0.5) is 10.5 Å². The summed E-state index contributed by atoms with van der Waals surface area (Å²) in [7, 11) is 0. The molecule has 1 fully saturated rings. The number of hydrogen-bond acceptors (Lipinski definition) is 4. The van der Waals surface area contributed by atoms with Crippen LogP contribution in [-0.2, 0) is 4.74 Å². The van der Waals surface area contributed by atoms with Gasteiger partial charge in [0.2, 0.25) is 0 Å². The third-order valence-electron chi connectivity index (χ3n) is 3.22. The zero-order chi connectivity index (χ0) is 15.5. The van der Waals surface area contributed by atoms with Gasteiger partial charge in [-0.1, -0.05) is 11.6 Å². The lowest BCUT2D eigenvalue weighted by Crippen LogP contribution is -2.49. The van der Waals surface area contributed by atoms with Crippen molar-refractivity contribution in [2.45, 2.75) is 45.3 Å². The Balaban J connectivity index is 1.91. The van der Waals surface area contributed by atoms with Gasteiger partial charge in [-0.2, -0.15) is 0 Å². The highest BCUT2D eigenvalue weighted by Crippen LogP contribution is 2.20. The predicted molar refractivity (Wildman–Crippen MR) is 83.9 cm³/mol. The fraction of sp³-hybridized carbons (Fsp3) is 0.600. The summed E-state index contributed by atoms with van der Waals surface area (Å²) in [5.41, 5.74) is 0.550. The van der Waals surface area contributed by atoms with Gasteiger partial charge in [-0.15, -0.1) is 0 Å². The van der Waals surface area contributed by atoms with Crippen LogP contribution in [0.1, 0.15) is 33.6 Å². The first kappa shape index (κ1) is 15.9. The van der Waals surface area contributed by atoms with E-state index in [1.807, 2.05) is 26.8 Å². The standard InChI is InChI=1S/C15H22ClN3O2/c1-15(2,3)21-14(20)18-11-5-4-8-19(10-11)12-6-7-13(16)17-9-12/h6-7,9,11H,4-5,8,10H2,1-3H3,(H,18,20)/t11-/m0/s1. The van der Waals surface area contributed by atoms with Crippen molar-refractivity contribution in [1.29, 1.82) is 0 Å². The molecule has 116 valence electrons. The molecule has 0 spiro atoms. The summed E-state index contributed by atoms with van der Waals surface area (Å²) in [5.74, 6) is 0. The van der Waals surface area contributed by atoms with Gasteiger partial charge in [0.05, 0.1) is 11.9 Å². The van der Waals surface area contributed by atoms with E-state index in [1.165, 1.54) is 0 Å². The number of piperidine rings is 1. The van der Waals surface area contributed by atoms with Crippen LogP contribution < -0.4 is 10.2 Å². The first-order valence-electron chi connectivity index (χ1n) is 7.19. The van der Waals surface area contributed by atoms with E-state index in [-0.39, 0.29) is 12.1 Å². The highest BCUT2D eigenvalue weighted by atomic mass is 35.5. The van der Waals surface area contributed by atoms with Crippen molar-refractivity contribution in [3.8, 4) is 0 Å². The van der Waals surface area contributed by atoms with Crippen LogP contribution in [0.15, 0.2) is 18.3 Å². The minimum absolute atomic E-state index is 0.0873. The van der Waals surface area contributed by atoms with Gasteiger partial charge in [-0.3, -0.25) is 0 Å². The van der Waals surface area contributed by atoms with Crippen LogP contribution in [-0.4, -0.2) is 35.8 Å². The number of hydrogen-bond donors (Lipinski definition) is 1. The number of halogens is 1. The van der Waals surface area contributed by atoms with E-state index in [4.69, 9.17) is 16.3 Å². The number of anilines is 1. The van der Waals surface area contributed by atoms with Crippen LogP contribution in [0.3, 0.4) is 0 Å². The second-order valence-electron chi connectivity index (χ2n) is 6.27. The molecule has 0 aromatic carbocycles. The van der Waals surface area contributed by atoms with E-state index >= 15 is 0 Å². The minimum atomic E-state index is -0.474. The van der Waals surface area contributed by atoms with Gasteiger partial charge in [-0.25, -0.2) is 9.78 Å². The smallest absolute Gasteiger partial charge is 0.407 e. The molecule has 1 saturated heterocycles. The van der Waals surface area contributed by atoms with E-state index in [0.717, 1.165) is 31.6 Å². The molecule has 1 aliphatic heterocycles. The number of carbonyl (C=O) groups excluding carboxylic acids is 1. The molecule has 5 nitrogen and oxygen atoms in total. The number of rotatable bonds is 2. The Hall–Kier alpha value is -1.49. The quantitative estimate of drug-likeness (QED) is 0.852. The molecule has 21 heavy (non-hydrogen) atoms. The lowest BCUT2D eigenvalue weighted by atomic mass is 10.1. The van der Waals surface area contributed by atoms with E-state index < -0.39 is 5.60 Å². The summed E-state index contributed by atoms with van der Waals surface area (Å²) in [6.07, 6.45) is 3.38. The van der Waals surface area contributed by atoms with Crippen molar-refractivity contribution in [3.63, 3.8) is 0 Å². The Morgan fingerprint density at radius 3 is 2.86 bits per heavy atom. The summed E-state index contributed by atoms with van der Waals surface area (Å²) >= 11 is 5.81. The Morgan fingerprint density at radius 2 is 2.24 bits per heavy atom. The van der Waals surface area contributed by atoms with Gasteiger partial charge in [0.1, 0.15) is 10.8 Å². The van der Waals surface area contributed by atoms with Crippen molar-refractivity contribution in [2.75, 3.05) is 18.0 Å². The third kappa shape index (κ3) is 5.08. The Bertz CT molecular complexity index is 485. The van der Waals surface area contributed by atoms with Crippen LogP contribution in [0.2, 0.25) is 5.15 Å². The molecule has 1 aromatic heterocycles. The Kier molecular flexibility index (Phi) is 4.93. The van der Waals surface area contributed by atoms with E-state index in [0.29, 0.717) is 5.15 Å². The maximum atomic E-state index is 11.8. The van der Waals surface area contributed by atoms with Gasteiger partial charge in [0, 0.05) is 19.1 Å². The van der Waals surface area contributed by atoms with Gasteiger partial charge in [0.25, 0.3) is 0 Å². The number of aromatic nitrogens is 1. The lowest BCUT2D eigenvalue weighted by Gasteiger charge is -2.34. The molecule has 0 aliphatic carbocycles. The molecule has 1 aromatic rings. The number of amides is 1. The fourth-order valence-electron chi connectivity index (χ4n) is 2.36. The van der Waals surface area contributed by atoms with Crippen molar-refractivity contribution in [3.05, 3.63) is 23.5 Å². The molecular formula is C15H22ClN3O2. The molecule has 0 saturated carbocycles. The largest absolute Gasteiger partial charge is 0.444 e. The molecule has 0 radical (unpaired) electrons. The second-order valence-corrected chi connectivity index (χ2v) is 6.66. The molecule has 1 atom stereocenters. The summed E-state index contributed by atoms with van der Waals surface area (Å²) in [6, 6.07) is 3.82.